The van der Waals surface area contributed by atoms with Crippen LogP contribution in [0.15, 0.2) is 35.3 Å². The molecule has 2 fully saturated rings. The number of esters is 1. The van der Waals surface area contributed by atoms with E-state index in [0.29, 0.717) is 17.5 Å². The summed E-state index contributed by atoms with van der Waals surface area (Å²) in [4.78, 5) is 54.8. The number of imide groups is 1. The summed E-state index contributed by atoms with van der Waals surface area (Å²) in [7, 11) is 2.79. The molecule has 0 bridgehead atoms. The van der Waals surface area contributed by atoms with Crippen LogP contribution in [-0.2, 0) is 29.7 Å². The zero-order chi connectivity index (χ0) is 25.4. The molecule has 3 heterocycles. The first-order chi connectivity index (χ1) is 15.9. The molecule has 0 unspecified atom stereocenters. The number of carbonyl (C=O) groups is 4. The van der Waals surface area contributed by atoms with Crippen LogP contribution in [0.2, 0.25) is 0 Å². The van der Waals surface area contributed by atoms with Crippen molar-refractivity contribution in [2.45, 2.75) is 30.4 Å². The molecule has 2 amide bonds. The number of carboxylic acid groups (broad SMARTS) is 1. The Bertz CT molecular complexity index is 1030. The third kappa shape index (κ3) is 4.24. The molecule has 0 aliphatic carbocycles. The summed E-state index contributed by atoms with van der Waals surface area (Å²) in [5.74, 6) is -4.44. The summed E-state index contributed by atoms with van der Waals surface area (Å²) in [6.45, 7) is 2.10. The lowest BCUT2D eigenvalue weighted by Crippen LogP contribution is -2.57. The fourth-order valence-electron chi connectivity index (χ4n) is 4.52. The molecule has 0 aromatic heterocycles. The molecule has 3 aliphatic heterocycles. The zero-order valence-corrected chi connectivity index (χ0v) is 19.2. The van der Waals surface area contributed by atoms with Crippen LogP contribution in [0.1, 0.15) is 12.5 Å². The quantitative estimate of drug-likeness (QED) is 0.492. The minimum Gasteiger partial charge on any atom is -0.475 e. The number of methoxy groups -OCH3 is 1. The average molecular weight is 501 g/mol. The summed E-state index contributed by atoms with van der Waals surface area (Å²) >= 11 is 1.52. The Morgan fingerprint density at radius 2 is 1.82 bits per heavy atom. The number of likely N-dealkylation sites (tertiary alicyclic amines) is 1. The monoisotopic (exact) mass is 501 g/mol. The summed E-state index contributed by atoms with van der Waals surface area (Å²) in [6, 6.07) is 9.67. The van der Waals surface area contributed by atoms with Crippen molar-refractivity contribution in [2.75, 3.05) is 20.7 Å². The first kappa shape index (κ1) is 25.5. The number of carboxylic acids is 1. The molecule has 4 rings (SSSR count). The number of nitrogens with zero attached hydrogens (tertiary/aromatic N) is 3. The summed E-state index contributed by atoms with van der Waals surface area (Å²) in [5.41, 5.74) is -0.0969. The number of amides is 2. The normalized spacial score (nSPS) is 27.6. The minimum atomic E-state index is -5.08. The SMILES string of the molecule is COC(=O)[C@@]1(C)[C@H]2C(=O)N(C)C(=O)[C@H]2[C@H]2CN=C(SCc3ccccc3)N21.O=C(O)C(F)(F)F. The molecule has 4 atom stereocenters. The van der Waals surface area contributed by atoms with Crippen molar-refractivity contribution in [1.29, 1.82) is 0 Å². The van der Waals surface area contributed by atoms with E-state index >= 15 is 0 Å². The van der Waals surface area contributed by atoms with Crippen LogP contribution in [0.3, 0.4) is 0 Å². The maximum atomic E-state index is 12.8. The number of ether oxygens (including phenoxy) is 1. The highest BCUT2D eigenvalue weighted by Gasteiger charge is 2.71. The van der Waals surface area contributed by atoms with Gasteiger partial charge in [-0.05, 0) is 12.5 Å². The lowest BCUT2D eigenvalue weighted by Gasteiger charge is -2.37. The van der Waals surface area contributed by atoms with Crippen molar-refractivity contribution in [1.82, 2.24) is 9.80 Å². The van der Waals surface area contributed by atoms with Gasteiger partial charge >= 0.3 is 18.1 Å². The molecule has 0 saturated carbocycles. The molecule has 34 heavy (non-hydrogen) atoms. The molecule has 1 N–H and O–H groups in total. The molecule has 9 nitrogen and oxygen atoms in total. The number of hydrogen-bond donors (Lipinski definition) is 1. The number of thioether (sulfide) groups is 1. The van der Waals surface area contributed by atoms with E-state index in [2.05, 4.69) is 4.99 Å². The number of amidine groups is 1. The maximum Gasteiger partial charge on any atom is 0.490 e. The summed E-state index contributed by atoms with van der Waals surface area (Å²) in [5, 5.41) is 7.81. The number of hydrogen-bond acceptors (Lipinski definition) is 8. The van der Waals surface area contributed by atoms with E-state index in [0.717, 1.165) is 10.5 Å². The van der Waals surface area contributed by atoms with Crippen LogP contribution >= 0.6 is 11.8 Å². The van der Waals surface area contributed by atoms with Crippen LogP contribution in [0.25, 0.3) is 0 Å². The number of alkyl halides is 3. The molecule has 1 aromatic rings. The van der Waals surface area contributed by atoms with E-state index in [4.69, 9.17) is 14.6 Å². The molecular weight excluding hydrogens is 479 g/mol. The molecule has 1 aromatic carbocycles. The van der Waals surface area contributed by atoms with Gasteiger partial charge in [0.15, 0.2) is 5.17 Å². The zero-order valence-electron chi connectivity index (χ0n) is 18.4. The fourth-order valence-corrected chi connectivity index (χ4v) is 5.64. The van der Waals surface area contributed by atoms with Gasteiger partial charge in [-0.2, -0.15) is 13.2 Å². The van der Waals surface area contributed by atoms with Crippen molar-refractivity contribution in [2.24, 2.45) is 16.8 Å². The Balaban J connectivity index is 0.000000406. The van der Waals surface area contributed by atoms with Gasteiger partial charge in [-0.15, -0.1) is 0 Å². The molecule has 13 heteroatoms. The van der Waals surface area contributed by atoms with E-state index in [1.165, 1.54) is 25.9 Å². The van der Waals surface area contributed by atoms with Crippen LogP contribution in [0.4, 0.5) is 13.2 Å². The first-order valence-electron chi connectivity index (χ1n) is 10.1. The Kier molecular flexibility index (Phi) is 6.97. The topological polar surface area (TPSA) is 117 Å². The number of benzene rings is 1. The second kappa shape index (κ2) is 9.28. The van der Waals surface area contributed by atoms with Crippen LogP contribution in [-0.4, -0.2) is 82.3 Å². The molecular formula is C21H22F3N3O6S. The van der Waals surface area contributed by atoms with E-state index < -0.39 is 35.5 Å². The van der Waals surface area contributed by atoms with Gasteiger partial charge in [0.1, 0.15) is 5.54 Å². The second-order valence-corrected chi connectivity index (χ2v) is 8.96. The highest BCUT2D eigenvalue weighted by molar-refractivity contribution is 8.13. The Labute approximate surface area is 196 Å². The van der Waals surface area contributed by atoms with Crippen molar-refractivity contribution in [3.8, 4) is 0 Å². The highest BCUT2D eigenvalue weighted by Crippen LogP contribution is 2.52. The lowest BCUT2D eigenvalue weighted by molar-refractivity contribution is -0.192. The van der Waals surface area contributed by atoms with Crippen molar-refractivity contribution in [3.05, 3.63) is 35.9 Å². The summed E-state index contributed by atoms with van der Waals surface area (Å²) < 4.78 is 36.8. The Morgan fingerprint density at radius 3 is 2.35 bits per heavy atom. The van der Waals surface area contributed by atoms with Crippen LogP contribution in [0.5, 0.6) is 0 Å². The van der Waals surface area contributed by atoms with Gasteiger partial charge < -0.3 is 14.7 Å². The Morgan fingerprint density at radius 1 is 1.24 bits per heavy atom. The van der Waals surface area contributed by atoms with Crippen molar-refractivity contribution >= 4 is 40.7 Å². The van der Waals surface area contributed by atoms with Crippen LogP contribution < -0.4 is 0 Å². The molecule has 3 aliphatic rings. The number of aliphatic imine (C=N–C) groups is 1. The predicted molar refractivity (Wildman–Crippen MR) is 115 cm³/mol. The van der Waals surface area contributed by atoms with Gasteiger partial charge in [-0.25, -0.2) is 9.59 Å². The predicted octanol–water partition coefficient (Wildman–Crippen LogP) is 1.77. The first-order valence-corrected chi connectivity index (χ1v) is 11.0. The number of rotatable bonds is 3. The van der Waals surface area contributed by atoms with E-state index in [-0.39, 0.29) is 17.9 Å². The standard InChI is InChI=1S/C19H21N3O4S.C2HF3O2/c1-19(17(25)26-3)14-13(15(23)21(2)16(14)24)12-9-20-18(22(12)19)27-10-11-7-5-4-6-8-11;3-2(4,5)1(6)7/h4-8,12-14H,9-10H2,1-3H3;(H,6,7)/t12-,13+,14-,19-;/m1./s1. The number of carbonyl (C=O) groups excluding carboxylic acids is 3. The number of aliphatic carboxylic acids is 1. The molecule has 2 saturated heterocycles. The molecule has 0 radical (unpaired) electrons. The van der Waals surface area contributed by atoms with E-state index in [9.17, 15) is 27.6 Å². The van der Waals surface area contributed by atoms with Gasteiger partial charge in [0.05, 0.1) is 31.5 Å². The fraction of sp³-hybridized carbons (Fsp3) is 0.476. The highest BCUT2D eigenvalue weighted by atomic mass is 32.2. The third-order valence-corrected chi connectivity index (χ3v) is 7.16. The smallest absolute Gasteiger partial charge is 0.475 e. The van der Waals surface area contributed by atoms with Gasteiger partial charge in [0.2, 0.25) is 11.8 Å². The third-order valence-electron chi connectivity index (χ3n) is 6.10. The van der Waals surface area contributed by atoms with Crippen LogP contribution in [0, 0.1) is 11.8 Å². The molecule has 0 spiro atoms. The number of halogens is 3. The molecule has 184 valence electrons. The summed E-state index contributed by atoms with van der Waals surface area (Å²) in [6.07, 6.45) is -5.08. The van der Waals surface area contributed by atoms with Gasteiger partial charge in [0.25, 0.3) is 0 Å². The van der Waals surface area contributed by atoms with Crippen molar-refractivity contribution < 1.29 is 42.2 Å². The van der Waals surface area contributed by atoms with Gasteiger partial charge in [-0.3, -0.25) is 19.5 Å². The Hall–Kier alpha value is -3.09. The minimum absolute atomic E-state index is 0.239. The largest absolute Gasteiger partial charge is 0.490 e. The second-order valence-electron chi connectivity index (χ2n) is 8.02. The van der Waals surface area contributed by atoms with Gasteiger partial charge in [-0.1, -0.05) is 42.1 Å². The van der Waals surface area contributed by atoms with Crippen molar-refractivity contribution in [3.63, 3.8) is 0 Å². The maximum absolute atomic E-state index is 12.8. The van der Waals surface area contributed by atoms with E-state index in [1.54, 1.807) is 6.92 Å². The lowest BCUT2D eigenvalue weighted by atomic mass is 9.81. The van der Waals surface area contributed by atoms with Gasteiger partial charge in [0, 0.05) is 12.8 Å². The number of fused-ring (bicyclic) bond motifs is 3. The average Bonchev–Trinajstić information content (AvgIpc) is 3.40. The van der Waals surface area contributed by atoms with E-state index in [1.807, 2.05) is 35.2 Å².